The topological polar surface area (TPSA) is 43.8 Å². The second-order valence-electron chi connectivity index (χ2n) is 4.94. The summed E-state index contributed by atoms with van der Waals surface area (Å²) in [5.41, 5.74) is 1.44. The highest BCUT2D eigenvalue weighted by Crippen LogP contribution is 2.20. The summed E-state index contributed by atoms with van der Waals surface area (Å²) in [6.07, 6.45) is 0. The Kier molecular flexibility index (Phi) is 5.31. The molecule has 0 amide bonds. The zero-order chi connectivity index (χ0) is 13.7. The van der Waals surface area contributed by atoms with Crippen molar-refractivity contribution in [1.29, 1.82) is 0 Å². The zero-order valence-corrected chi connectivity index (χ0v) is 11.6. The Morgan fingerprint density at radius 2 is 1.89 bits per heavy atom. The van der Waals surface area contributed by atoms with Gasteiger partial charge in [-0.1, -0.05) is 0 Å². The minimum absolute atomic E-state index is 0.0206. The van der Waals surface area contributed by atoms with E-state index in [1.807, 2.05) is 21.1 Å². The van der Waals surface area contributed by atoms with Gasteiger partial charge < -0.3 is 14.9 Å². The van der Waals surface area contributed by atoms with E-state index in [2.05, 4.69) is 9.80 Å². The fourth-order valence-electron chi connectivity index (χ4n) is 1.67. The Morgan fingerprint density at radius 1 is 1.22 bits per heavy atom. The molecule has 0 bridgehead atoms. The molecule has 0 radical (unpaired) electrons. The lowest BCUT2D eigenvalue weighted by Crippen LogP contribution is -2.28. The van der Waals surface area contributed by atoms with Gasteiger partial charge in [-0.15, -0.1) is 0 Å². The van der Waals surface area contributed by atoms with E-state index in [9.17, 15) is 9.90 Å². The largest absolute Gasteiger partial charge is 0.508 e. The van der Waals surface area contributed by atoms with Crippen molar-refractivity contribution in [3.63, 3.8) is 0 Å². The van der Waals surface area contributed by atoms with Crippen molar-refractivity contribution in [2.45, 2.75) is 13.5 Å². The van der Waals surface area contributed by atoms with Crippen molar-refractivity contribution in [3.05, 3.63) is 29.3 Å². The summed E-state index contributed by atoms with van der Waals surface area (Å²) in [6.45, 7) is 4.05. The molecule has 100 valence electrons. The first-order valence-corrected chi connectivity index (χ1v) is 6.06. The van der Waals surface area contributed by atoms with Crippen LogP contribution in [0.2, 0.25) is 0 Å². The highest BCUT2D eigenvalue weighted by molar-refractivity contribution is 5.94. The van der Waals surface area contributed by atoms with Crippen molar-refractivity contribution in [1.82, 2.24) is 9.80 Å². The van der Waals surface area contributed by atoms with Gasteiger partial charge in [-0.3, -0.25) is 4.79 Å². The Balaban J connectivity index is 2.71. The molecule has 1 aromatic carbocycles. The average molecular weight is 250 g/mol. The average Bonchev–Trinajstić information content (AvgIpc) is 2.29. The van der Waals surface area contributed by atoms with Gasteiger partial charge in [0.2, 0.25) is 0 Å². The van der Waals surface area contributed by atoms with Crippen LogP contribution in [0.3, 0.4) is 0 Å². The molecule has 18 heavy (non-hydrogen) atoms. The van der Waals surface area contributed by atoms with E-state index in [1.165, 1.54) is 6.92 Å². The van der Waals surface area contributed by atoms with Crippen LogP contribution in [-0.4, -0.2) is 54.9 Å². The number of aromatic hydroxyl groups is 1. The predicted molar refractivity (Wildman–Crippen MR) is 73.0 cm³/mol. The minimum Gasteiger partial charge on any atom is -0.508 e. The van der Waals surface area contributed by atoms with E-state index in [1.54, 1.807) is 18.2 Å². The summed E-state index contributed by atoms with van der Waals surface area (Å²) in [4.78, 5) is 15.5. The lowest BCUT2D eigenvalue weighted by Gasteiger charge is -2.20. The molecule has 0 unspecified atom stereocenters. The third-order valence-corrected chi connectivity index (χ3v) is 2.86. The Hall–Kier alpha value is -1.39. The Bertz CT molecular complexity index is 416. The van der Waals surface area contributed by atoms with Crippen LogP contribution in [0, 0.1) is 0 Å². The molecule has 0 saturated heterocycles. The molecule has 1 aromatic rings. The molecule has 0 aliphatic rings. The van der Waals surface area contributed by atoms with Gasteiger partial charge in [-0.05, 0) is 46.3 Å². The van der Waals surface area contributed by atoms with Crippen LogP contribution >= 0.6 is 0 Å². The number of hydrogen-bond acceptors (Lipinski definition) is 4. The second kappa shape index (κ2) is 6.52. The van der Waals surface area contributed by atoms with E-state index in [4.69, 9.17) is 0 Å². The number of nitrogens with zero attached hydrogens (tertiary/aromatic N) is 2. The number of benzene rings is 1. The molecule has 1 N–H and O–H groups in total. The fourth-order valence-corrected chi connectivity index (χ4v) is 1.67. The van der Waals surface area contributed by atoms with Crippen LogP contribution < -0.4 is 0 Å². The van der Waals surface area contributed by atoms with Gasteiger partial charge in [-0.2, -0.15) is 0 Å². The summed E-state index contributed by atoms with van der Waals surface area (Å²) in [5.74, 6) is 0.267. The van der Waals surface area contributed by atoms with Crippen molar-refractivity contribution < 1.29 is 9.90 Å². The van der Waals surface area contributed by atoms with Gasteiger partial charge in [0.15, 0.2) is 5.78 Å². The third kappa shape index (κ3) is 4.47. The first-order chi connectivity index (χ1) is 8.40. The van der Waals surface area contributed by atoms with Gasteiger partial charge in [-0.25, -0.2) is 0 Å². The molecule has 0 spiro atoms. The molecule has 0 aromatic heterocycles. The fraction of sp³-hybridized carbons (Fsp3) is 0.500. The first kappa shape index (κ1) is 14.7. The van der Waals surface area contributed by atoms with Crippen LogP contribution in [-0.2, 0) is 6.54 Å². The number of ketones is 1. The highest BCUT2D eigenvalue weighted by Gasteiger charge is 2.08. The maximum atomic E-state index is 11.3. The van der Waals surface area contributed by atoms with Crippen molar-refractivity contribution >= 4 is 5.78 Å². The summed E-state index contributed by atoms with van der Waals surface area (Å²) in [5, 5.41) is 9.79. The summed E-state index contributed by atoms with van der Waals surface area (Å²) < 4.78 is 0. The molecule has 0 aliphatic carbocycles. The van der Waals surface area contributed by atoms with Crippen LogP contribution in [0.1, 0.15) is 22.8 Å². The van der Waals surface area contributed by atoms with E-state index < -0.39 is 0 Å². The number of phenols is 1. The summed E-state index contributed by atoms with van der Waals surface area (Å²) in [7, 11) is 6.06. The molecule has 4 heteroatoms. The van der Waals surface area contributed by atoms with Gasteiger partial charge in [0.1, 0.15) is 5.75 Å². The number of phenolic OH excluding ortho intramolecular Hbond substituents is 1. The van der Waals surface area contributed by atoms with E-state index in [0.29, 0.717) is 12.1 Å². The van der Waals surface area contributed by atoms with E-state index in [-0.39, 0.29) is 11.5 Å². The Labute approximate surface area is 109 Å². The number of carbonyl (C=O) groups excluding carboxylic acids is 1. The maximum Gasteiger partial charge on any atom is 0.159 e. The normalized spacial score (nSPS) is 11.2. The number of hydrogen-bond donors (Lipinski definition) is 1. The number of carbonyl (C=O) groups is 1. The summed E-state index contributed by atoms with van der Waals surface area (Å²) >= 11 is 0. The molecule has 0 atom stereocenters. The maximum absolute atomic E-state index is 11.3. The standard InChI is InChI=1S/C14H22N2O2/c1-11(17)12-5-6-14(18)13(9-12)10-16(4)8-7-15(2)3/h5-6,9,18H,7-8,10H2,1-4H3. The molecular formula is C14H22N2O2. The highest BCUT2D eigenvalue weighted by atomic mass is 16.3. The molecular weight excluding hydrogens is 228 g/mol. The van der Waals surface area contributed by atoms with Crippen LogP contribution in [0.15, 0.2) is 18.2 Å². The van der Waals surface area contributed by atoms with E-state index in [0.717, 1.165) is 18.7 Å². The molecule has 0 heterocycles. The van der Waals surface area contributed by atoms with Crippen LogP contribution in [0.4, 0.5) is 0 Å². The third-order valence-electron chi connectivity index (χ3n) is 2.86. The van der Waals surface area contributed by atoms with Gasteiger partial charge in [0.25, 0.3) is 0 Å². The molecule has 1 rings (SSSR count). The quantitative estimate of drug-likeness (QED) is 0.779. The molecule has 4 nitrogen and oxygen atoms in total. The van der Waals surface area contributed by atoms with Crippen molar-refractivity contribution in [2.24, 2.45) is 0 Å². The SMILES string of the molecule is CC(=O)c1ccc(O)c(CN(C)CCN(C)C)c1. The molecule has 0 aliphatic heterocycles. The van der Waals surface area contributed by atoms with Crippen LogP contribution in [0.5, 0.6) is 5.75 Å². The van der Waals surface area contributed by atoms with Crippen molar-refractivity contribution in [2.75, 3.05) is 34.2 Å². The number of rotatable bonds is 6. The van der Waals surface area contributed by atoms with Gasteiger partial charge >= 0.3 is 0 Å². The van der Waals surface area contributed by atoms with Crippen LogP contribution in [0.25, 0.3) is 0 Å². The number of Topliss-reactive ketones (excluding diaryl/α,β-unsaturated/α-hetero) is 1. The van der Waals surface area contributed by atoms with E-state index >= 15 is 0 Å². The van der Waals surface area contributed by atoms with Gasteiger partial charge in [0, 0.05) is 30.8 Å². The monoisotopic (exact) mass is 250 g/mol. The Morgan fingerprint density at radius 3 is 2.44 bits per heavy atom. The summed E-state index contributed by atoms with van der Waals surface area (Å²) in [6, 6.07) is 5.01. The minimum atomic E-state index is 0.0206. The predicted octanol–water partition coefficient (Wildman–Crippen LogP) is 1.59. The molecule has 0 saturated carbocycles. The van der Waals surface area contributed by atoms with Gasteiger partial charge in [0.05, 0.1) is 0 Å². The lowest BCUT2D eigenvalue weighted by molar-refractivity contribution is 0.101. The zero-order valence-electron chi connectivity index (χ0n) is 11.6. The lowest BCUT2D eigenvalue weighted by atomic mass is 10.1. The molecule has 0 fully saturated rings. The number of likely N-dealkylation sites (N-methyl/N-ethyl adjacent to an activating group) is 2. The second-order valence-corrected chi connectivity index (χ2v) is 4.94. The first-order valence-electron chi connectivity index (χ1n) is 6.06. The smallest absolute Gasteiger partial charge is 0.159 e. The van der Waals surface area contributed by atoms with Crippen molar-refractivity contribution in [3.8, 4) is 5.75 Å².